The Balaban J connectivity index is 2.18. The number of nitrogens with zero attached hydrogens (tertiary/aromatic N) is 1. The highest BCUT2D eigenvalue weighted by atomic mass is 79.9. The van der Waals surface area contributed by atoms with Crippen molar-refractivity contribution < 1.29 is 4.79 Å². The molecule has 1 N–H and O–H groups in total. The first-order valence-electron chi connectivity index (χ1n) is 5.52. The lowest BCUT2D eigenvalue weighted by atomic mass is 10.1. The van der Waals surface area contributed by atoms with Crippen LogP contribution < -0.4 is 5.32 Å². The van der Waals surface area contributed by atoms with Crippen molar-refractivity contribution in [2.24, 2.45) is 0 Å². The number of rotatable bonds is 2. The quantitative estimate of drug-likeness (QED) is 0.909. The molecule has 1 saturated heterocycles. The number of amides is 1. The SMILES string of the molecule is CN(C(=O)c1ccc(Br)cc1Cl)[C@@H]1CCNC1. The van der Waals surface area contributed by atoms with Crippen LogP contribution in [-0.4, -0.2) is 37.0 Å². The third-order valence-electron chi connectivity index (χ3n) is 3.06. The van der Waals surface area contributed by atoms with E-state index < -0.39 is 0 Å². The number of halogens is 2. The minimum atomic E-state index is -0.0174. The van der Waals surface area contributed by atoms with Crippen LogP contribution >= 0.6 is 27.5 Å². The van der Waals surface area contributed by atoms with Crippen LogP contribution in [0.15, 0.2) is 22.7 Å². The lowest BCUT2D eigenvalue weighted by molar-refractivity contribution is 0.0744. The fraction of sp³-hybridized carbons (Fsp3) is 0.417. The van der Waals surface area contributed by atoms with Crippen LogP contribution in [0.3, 0.4) is 0 Å². The van der Waals surface area contributed by atoms with E-state index in [0.29, 0.717) is 10.6 Å². The fourth-order valence-electron chi connectivity index (χ4n) is 1.99. The summed E-state index contributed by atoms with van der Waals surface area (Å²) in [5.41, 5.74) is 0.560. The van der Waals surface area contributed by atoms with E-state index in [1.807, 2.05) is 13.1 Å². The molecule has 1 amide bonds. The van der Waals surface area contributed by atoms with Crippen molar-refractivity contribution in [1.82, 2.24) is 10.2 Å². The van der Waals surface area contributed by atoms with Gasteiger partial charge >= 0.3 is 0 Å². The maximum Gasteiger partial charge on any atom is 0.255 e. The number of carbonyl (C=O) groups is 1. The molecule has 1 aliphatic heterocycles. The molecular weight excluding hydrogens is 304 g/mol. The van der Waals surface area contributed by atoms with Crippen LogP contribution in [0.1, 0.15) is 16.8 Å². The van der Waals surface area contributed by atoms with Gasteiger partial charge in [-0.25, -0.2) is 0 Å². The molecule has 1 atom stereocenters. The zero-order valence-electron chi connectivity index (χ0n) is 9.54. The highest BCUT2D eigenvalue weighted by Crippen LogP contribution is 2.23. The van der Waals surface area contributed by atoms with Gasteiger partial charge in [0.1, 0.15) is 0 Å². The molecule has 17 heavy (non-hydrogen) atoms. The molecule has 92 valence electrons. The van der Waals surface area contributed by atoms with Gasteiger partial charge in [-0.05, 0) is 31.2 Å². The van der Waals surface area contributed by atoms with Crippen LogP contribution in [0, 0.1) is 0 Å². The van der Waals surface area contributed by atoms with Crippen molar-refractivity contribution >= 4 is 33.4 Å². The summed E-state index contributed by atoms with van der Waals surface area (Å²) in [6.07, 6.45) is 0.996. The molecule has 0 saturated carbocycles. The van der Waals surface area contributed by atoms with Gasteiger partial charge in [0.25, 0.3) is 5.91 Å². The molecule has 0 radical (unpaired) electrons. The Labute approximate surface area is 114 Å². The maximum absolute atomic E-state index is 12.3. The van der Waals surface area contributed by atoms with Crippen LogP contribution in [0.25, 0.3) is 0 Å². The molecule has 0 unspecified atom stereocenters. The van der Waals surface area contributed by atoms with Crippen molar-refractivity contribution in [3.05, 3.63) is 33.3 Å². The monoisotopic (exact) mass is 316 g/mol. The van der Waals surface area contributed by atoms with Crippen LogP contribution in [0.2, 0.25) is 5.02 Å². The van der Waals surface area contributed by atoms with E-state index in [-0.39, 0.29) is 11.9 Å². The predicted molar refractivity (Wildman–Crippen MR) is 72.5 cm³/mol. The molecule has 0 aromatic heterocycles. The Morgan fingerprint density at radius 1 is 1.59 bits per heavy atom. The number of carbonyl (C=O) groups excluding carboxylic acids is 1. The van der Waals surface area contributed by atoms with Gasteiger partial charge in [-0.1, -0.05) is 27.5 Å². The molecule has 1 aromatic rings. The Morgan fingerprint density at radius 2 is 2.35 bits per heavy atom. The van der Waals surface area contributed by atoms with Crippen LogP contribution in [0.5, 0.6) is 0 Å². The van der Waals surface area contributed by atoms with E-state index >= 15 is 0 Å². The first-order valence-corrected chi connectivity index (χ1v) is 6.69. The first kappa shape index (κ1) is 12.9. The van der Waals surface area contributed by atoms with Gasteiger partial charge in [-0.15, -0.1) is 0 Å². The number of benzene rings is 1. The number of hydrogen-bond acceptors (Lipinski definition) is 2. The van der Waals surface area contributed by atoms with E-state index in [9.17, 15) is 4.79 Å². The van der Waals surface area contributed by atoms with E-state index in [4.69, 9.17) is 11.6 Å². The standard InChI is InChI=1S/C12H14BrClN2O/c1-16(9-4-5-15-7-9)12(17)10-3-2-8(13)6-11(10)14/h2-3,6,9,15H,4-5,7H2,1H3/t9-/m1/s1. The Kier molecular flexibility index (Phi) is 4.07. The highest BCUT2D eigenvalue weighted by Gasteiger charge is 2.25. The minimum absolute atomic E-state index is 0.0174. The number of likely N-dealkylation sites (N-methyl/N-ethyl adjacent to an activating group) is 1. The summed E-state index contributed by atoms with van der Waals surface area (Å²) < 4.78 is 0.879. The molecule has 1 aliphatic rings. The molecule has 0 bridgehead atoms. The van der Waals surface area contributed by atoms with Crippen molar-refractivity contribution in [2.45, 2.75) is 12.5 Å². The van der Waals surface area contributed by atoms with Gasteiger partial charge in [0, 0.05) is 24.1 Å². The normalized spacial score (nSPS) is 19.4. The molecular formula is C12H14BrClN2O. The summed E-state index contributed by atoms with van der Waals surface area (Å²) in [5, 5.41) is 3.74. The predicted octanol–water partition coefficient (Wildman–Crippen LogP) is 2.54. The van der Waals surface area contributed by atoms with Gasteiger partial charge in [0.2, 0.25) is 0 Å². The lowest BCUT2D eigenvalue weighted by Crippen LogP contribution is -2.38. The third kappa shape index (κ3) is 2.81. The van der Waals surface area contributed by atoms with E-state index in [0.717, 1.165) is 24.0 Å². The number of hydrogen-bond donors (Lipinski definition) is 1. The van der Waals surface area contributed by atoms with Crippen molar-refractivity contribution in [1.29, 1.82) is 0 Å². The Hall–Kier alpha value is -0.580. The molecule has 5 heteroatoms. The second-order valence-corrected chi connectivity index (χ2v) is 5.51. The molecule has 0 spiro atoms. The molecule has 1 heterocycles. The summed E-state index contributed by atoms with van der Waals surface area (Å²) in [5.74, 6) is -0.0174. The average Bonchev–Trinajstić information content (AvgIpc) is 2.80. The Morgan fingerprint density at radius 3 is 2.94 bits per heavy atom. The molecule has 1 aromatic carbocycles. The van der Waals surface area contributed by atoms with Gasteiger partial charge in [0.05, 0.1) is 10.6 Å². The van der Waals surface area contributed by atoms with Crippen LogP contribution in [-0.2, 0) is 0 Å². The summed E-state index contributed by atoms with van der Waals surface area (Å²) in [6, 6.07) is 5.60. The van der Waals surface area contributed by atoms with Crippen LogP contribution in [0.4, 0.5) is 0 Å². The van der Waals surface area contributed by atoms with Gasteiger partial charge in [-0.2, -0.15) is 0 Å². The summed E-state index contributed by atoms with van der Waals surface area (Å²) in [7, 11) is 1.83. The van der Waals surface area contributed by atoms with E-state index in [2.05, 4.69) is 21.2 Å². The molecule has 0 aliphatic carbocycles. The highest BCUT2D eigenvalue weighted by molar-refractivity contribution is 9.10. The molecule has 3 nitrogen and oxygen atoms in total. The fourth-order valence-corrected chi connectivity index (χ4v) is 2.74. The zero-order valence-corrected chi connectivity index (χ0v) is 11.9. The van der Waals surface area contributed by atoms with Crippen molar-refractivity contribution in [2.75, 3.05) is 20.1 Å². The zero-order chi connectivity index (χ0) is 12.4. The topological polar surface area (TPSA) is 32.3 Å². The lowest BCUT2D eigenvalue weighted by Gasteiger charge is -2.24. The molecule has 1 fully saturated rings. The third-order valence-corrected chi connectivity index (χ3v) is 3.87. The maximum atomic E-state index is 12.3. The average molecular weight is 318 g/mol. The summed E-state index contributed by atoms with van der Waals surface area (Å²) in [6.45, 7) is 1.83. The summed E-state index contributed by atoms with van der Waals surface area (Å²) >= 11 is 9.41. The van der Waals surface area contributed by atoms with Gasteiger partial charge < -0.3 is 10.2 Å². The second-order valence-electron chi connectivity index (χ2n) is 4.19. The van der Waals surface area contributed by atoms with E-state index in [1.54, 1.807) is 17.0 Å². The smallest absolute Gasteiger partial charge is 0.255 e. The van der Waals surface area contributed by atoms with Crippen molar-refractivity contribution in [3.63, 3.8) is 0 Å². The second kappa shape index (κ2) is 5.38. The van der Waals surface area contributed by atoms with Crippen molar-refractivity contribution in [3.8, 4) is 0 Å². The van der Waals surface area contributed by atoms with Gasteiger partial charge in [-0.3, -0.25) is 4.79 Å². The van der Waals surface area contributed by atoms with Gasteiger partial charge in [0.15, 0.2) is 0 Å². The largest absolute Gasteiger partial charge is 0.337 e. The Bertz CT molecular complexity index is 433. The number of nitrogens with one attached hydrogen (secondary N) is 1. The van der Waals surface area contributed by atoms with E-state index in [1.165, 1.54) is 0 Å². The molecule has 2 rings (SSSR count). The first-order chi connectivity index (χ1) is 8.09. The minimum Gasteiger partial charge on any atom is -0.337 e. The summed E-state index contributed by atoms with van der Waals surface area (Å²) in [4.78, 5) is 14.0.